The lowest BCUT2D eigenvalue weighted by molar-refractivity contribution is 0.0138. The molecule has 0 amide bonds. The van der Waals surface area contributed by atoms with Gasteiger partial charge in [0.25, 0.3) is 0 Å². The lowest BCUT2D eigenvalue weighted by Gasteiger charge is -2.28. The van der Waals surface area contributed by atoms with Gasteiger partial charge in [-0.2, -0.15) is 0 Å². The largest absolute Gasteiger partial charge is 0.389 e. The highest BCUT2D eigenvalue weighted by Gasteiger charge is 2.14. The van der Waals surface area contributed by atoms with Crippen molar-refractivity contribution in [2.24, 2.45) is 0 Å². The average molecular weight is 201 g/mol. The molecule has 1 aliphatic heterocycles. The molecule has 1 N–H and O–H groups in total. The van der Waals surface area contributed by atoms with Crippen molar-refractivity contribution in [1.29, 1.82) is 0 Å². The van der Waals surface area contributed by atoms with Gasteiger partial charge in [-0.25, -0.2) is 0 Å². The Hall–Kier alpha value is -0.120. The number of β-amino-alcohol motifs (C(OH)–C–C–N with tert-alkyl or cyclic N) is 1. The number of rotatable bonds is 6. The first-order valence-electron chi connectivity index (χ1n) is 5.81. The van der Waals surface area contributed by atoms with Crippen molar-refractivity contribution in [3.05, 3.63) is 0 Å². The van der Waals surface area contributed by atoms with E-state index in [9.17, 15) is 5.11 Å². The minimum Gasteiger partial charge on any atom is -0.389 e. The fourth-order valence-corrected chi connectivity index (χ4v) is 1.86. The third kappa shape index (κ3) is 4.94. The number of aliphatic hydroxyl groups is 1. The van der Waals surface area contributed by atoms with Crippen molar-refractivity contribution in [3.63, 3.8) is 0 Å². The maximum atomic E-state index is 9.66. The normalized spacial score (nSPS) is 21.0. The van der Waals surface area contributed by atoms with E-state index in [2.05, 4.69) is 11.8 Å². The van der Waals surface area contributed by atoms with E-state index in [1.807, 2.05) is 0 Å². The van der Waals surface area contributed by atoms with Crippen LogP contribution < -0.4 is 0 Å². The summed E-state index contributed by atoms with van der Waals surface area (Å²) in [5.41, 5.74) is 0. The number of aliphatic hydroxyl groups excluding tert-OH is 1. The van der Waals surface area contributed by atoms with Gasteiger partial charge < -0.3 is 14.7 Å². The number of hydrogen-bond donors (Lipinski definition) is 1. The van der Waals surface area contributed by atoms with E-state index in [-0.39, 0.29) is 6.10 Å². The fourth-order valence-electron chi connectivity index (χ4n) is 1.86. The maximum Gasteiger partial charge on any atom is 0.0900 e. The summed E-state index contributed by atoms with van der Waals surface area (Å²) in [4.78, 5) is 2.34. The number of piperidine rings is 1. The van der Waals surface area contributed by atoms with Crippen molar-refractivity contribution >= 4 is 0 Å². The van der Waals surface area contributed by atoms with Crippen LogP contribution in [-0.4, -0.2) is 49.0 Å². The summed E-state index contributed by atoms with van der Waals surface area (Å²) >= 11 is 0. The average Bonchev–Trinajstić information content (AvgIpc) is 2.20. The molecule has 1 heterocycles. The smallest absolute Gasteiger partial charge is 0.0900 e. The number of nitrogens with zero attached hydrogens (tertiary/aromatic N) is 1. The molecular weight excluding hydrogens is 178 g/mol. The molecule has 1 aliphatic rings. The van der Waals surface area contributed by atoms with Crippen LogP contribution in [0.5, 0.6) is 0 Å². The van der Waals surface area contributed by atoms with Gasteiger partial charge in [0.1, 0.15) is 0 Å². The molecule has 84 valence electrons. The van der Waals surface area contributed by atoms with Crippen molar-refractivity contribution in [2.45, 2.75) is 38.7 Å². The first kappa shape index (κ1) is 12.0. The summed E-state index contributed by atoms with van der Waals surface area (Å²) in [7, 11) is 0. The molecule has 0 aromatic carbocycles. The van der Waals surface area contributed by atoms with Gasteiger partial charge in [0.05, 0.1) is 12.7 Å². The van der Waals surface area contributed by atoms with Crippen LogP contribution in [0.15, 0.2) is 0 Å². The summed E-state index contributed by atoms with van der Waals surface area (Å²) in [6.45, 7) is 6.40. The Morgan fingerprint density at radius 2 is 2.00 bits per heavy atom. The Balaban J connectivity index is 2.03. The molecule has 0 saturated carbocycles. The van der Waals surface area contributed by atoms with Crippen LogP contribution in [0.3, 0.4) is 0 Å². The highest BCUT2D eigenvalue weighted by Crippen LogP contribution is 2.08. The molecule has 0 aromatic heterocycles. The lowest BCUT2D eigenvalue weighted by atomic mass is 10.1. The maximum absolute atomic E-state index is 9.66. The molecule has 0 unspecified atom stereocenters. The standard InChI is InChI=1S/C11H23NO2/c1-2-8-14-10-11(13)9-12-6-4-3-5-7-12/h11,13H,2-10H2,1H3/t11-/m1/s1. The topological polar surface area (TPSA) is 32.7 Å². The molecule has 3 nitrogen and oxygen atoms in total. The highest BCUT2D eigenvalue weighted by molar-refractivity contribution is 4.68. The van der Waals surface area contributed by atoms with E-state index < -0.39 is 0 Å². The molecule has 1 rings (SSSR count). The van der Waals surface area contributed by atoms with Crippen LogP contribution in [0.2, 0.25) is 0 Å². The summed E-state index contributed by atoms with van der Waals surface area (Å²) in [5, 5.41) is 9.66. The van der Waals surface area contributed by atoms with Gasteiger partial charge in [-0.3, -0.25) is 0 Å². The van der Waals surface area contributed by atoms with Crippen molar-refractivity contribution in [1.82, 2.24) is 4.90 Å². The molecule has 0 bridgehead atoms. The predicted octanol–water partition coefficient (Wildman–Crippen LogP) is 1.26. The second-order valence-electron chi connectivity index (χ2n) is 4.09. The molecule has 14 heavy (non-hydrogen) atoms. The van der Waals surface area contributed by atoms with Gasteiger partial charge in [-0.05, 0) is 32.4 Å². The van der Waals surface area contributed by atoms with E-state index in [0.717, 1.165) is 32.7 Å². The van der Waals surface area contributed by atoms with Gasteiger partial charge in [-0.15, -0.1) is 0 Å². The quantitative estimate of drug-likeness (QED) is 0.657. The molecule has 0 aliphatic carbocycles. The van der Waals surface area contributed by atoms with Crippen molar-refractivity contribution in [2.75, 3.05) is 32.8 Å². The Kier molecular flexibility index (Phi) is 6.15. The van der Waals surface area contributed by atoms with Crippen molar-refractivity contribution < 1.29 is 9.84 Å². The van der Waals surface area contributed by atoms with Crippen LogP contribution >= 0.6 is 0 Å². The molecule has 0 spiro atoms. The second-order valence-corrected chi connectivity index (χ2v) is 4.09. The minimum atomic E-state index is -0.306. The van der Waals surface area contributed by atoms with Gasteiger partial charge in [0.2, 0.25) is 0 Å². The lowest BCUT2D eigenvalue weighted by Crippen LogP contribution is -2.38. The number of ether oxygens (including phenoxy) is 1. The Labute approximate surface area is 87.1 Å². The molecule has 0 aromatic rings. The van der Waals surface area contributed by atoms with Gasteiger partial charge in [0, 0.05) is 13.2 Å². The second kappa shape index (κ2) is 7.21. The van der Waals surface area contributed by atoms with Crippen LogP contribution in [-0.2, 0) is 4.74 Å². The summed E-state index contributed by atoms with van der Waals surface area (Å²) in [5.74, 6) is 0. The predicted molar refractivity (Wildman–Crippen MR) is 57.4 cm³/mol. The summed E-state index contributed by atoms with van der Waals surface area (Å²) in [6, 6.07) is 0. The summed E-state index contributed by atoms with van der Waals surface area (Å²) < 4.78 is 5.31. The Morgan fingerprint density at radius 3 is 2.64 bits per heavy atom. The van der Waals surface area contributed by atoms with Gasteiger partial charge in [-0.1, -0.05) is 13.3 Å². The van der Waals surface area contributed by atoms with E-state index >= 15 is 0 Å². The van der Waals surface area contributed by atoms with Crippen LogP contribution in [0.25, 0.3) is 0 Å². The monoisotopic (exact) mass is 201 g/mol. The molecule has 1 saturated heterocycles. The first-order chi connectivity index (χ1) is 6.83. The Bertz CT molecular complexity index is 135. The number of hydrogen-bond acceptors (Lipinski definition) is 3. The Morgan fingerprint density at radius 1 is 1.29 bits per heavy atom. The molecule has 1 fully saturated rings. The van der Waals surface area contributed by atoms with E-state index in [1.54, 1.807) is 0 Å². The molecule has 3 heteroatoms. The fraction of sp³-hybridized carbons (Fsp3) is 1.00. The molecule has 1 atom stereocenters. The van der Waals surface area contributed by atoms with Crippen LogP contribution in [0.1, 0.15) is 32.6 Å². The van der Waals surface area contributed by atoms with Crippen LogP contribution in [0.4, 0.5) is 0 Å². The molecule has 0 radical (unpaired) electrons. The zero-order valence-corrected chi connectivity index (χ0v) is 9.24. The van der Waals surface area contributed by atoms with Crippen LogP contribution in [0, 0.1) is 0 Å². The highest BCUT2D eigenvalue weighted by atomic mass is 16.5. The third-order valence-electron chi connectivity index (χ3n) is 2.58. The third-order valence-corrected chi connectivity index (χ3v) is 2.58. The van der Waals surface area contributed by atoms with Crippen molar-refractivity contribution in [3.8, 4) is 0 Å². The first-order valence-corrected chi connectivity index (χ1v) is 5.81. The summed E-state index contributed by atoms with van der Waals surface area (Å²) in [6.07, 6.45) is 4.63. The van der Waals surface area contributed by atoms with Gasteiger partial charge >= 0.3 is 0 Å². The number of likely N-dealkylation sites (tertiary alicyclic amines) is 1. The van der Waals surface area contributed by atoms with E-state index in [0.29, 0.717) is 6.61 Å². The van der Waals surface area contributed by atoms with E-state index in [1.165, 1.54) is 19.3 Å². The molecular formula is C11H23NO2. The van der Waals surface area contributed by atoms with E-state index in [4.69, 9.17) is 4.74 Å². The van der Waals surface area contributed by atoms with Gasteiger partial charge in [0.15, 0.2) is 0 Å². The zero-order valence-electron chi connectivity index (χ0n) is 9.24. The SMILES string of the molecule is CCCOC[C@H](O)CN1CCCCC1. The zero-order chi connectivity index (χ0) is 10.2. The minimum absolute atomic E-state index is 0.306.